The molecule has 2 aromatic rings. The first-order chi connectivity index (χ1) is 9.66. The molecular formula is C14H13N3O3. The van der Waals surface area contributed by atoms with Crippen molar-refractivity contribution in [1.82, 2.24) is 15.3 Å². The highest BCUT2D eigenvalue weighted by atomic mass is 16.4. The molecule has 1 amide bonds. The minimum Gasteiger partial charge on any atom is -0.480 e. The Balaban J connectivity index is 2.07. The van der Waals surface area contributed by atoms with Gasteiger partial charge in [0.2, 0.25) is 0 Å². The zero-order valence-electron chi connectivity index (χ0n) is 10.6. The molecule has 1 atom stereocenters. The van der Waals surface area contributed by atoms with Crippen LogP contribution in [0.15, 0.2) is 49.1 Å². The van der Waals surface area contributed by atoms with Gasteiger partial charge in [-0.1, -0.05) is 30.3 Å². The molecule has 1 unspecified atom stereocenters. The van der Waals surface area contributed by atoms with E-state index in [2.05, 4.69) is 15.3 Å². The van der Waals surface area contributed by atoms with Gasteiger partial charge in [0.15, 0.2) is 0 Å². The van der Waals surface area contributed by atoms with E-state index in [0.29, 0.717) is 0 Å². The number of carboxylic acid groups (broad SMARTS) is 1. The van der Waals surface area contributed by atoms with Crippen molar-refractivity contribution in [2.24, 2.45) is 0 Å². The number of rotatable bonds is 5. The summed E-state index contributed by atoms with van der Waals surface area (Å²) in [6.07, 6.45) is 4.19. The van der Waals surface area contributed by atoms with E-state index in [1.807, 2.05) is 30.3 Å². The number of carbonyl (C=O) groups excluding carboxylic acids is 1. The molecule has 2 rings (SSSR count). The number of aliphatic carboxylic acids is 1. The van der Waals surface area contributed by atoms with E-state index < -0.39 is 17.9 Å². The first-order valence-corrected chi connectivity index (χ1v) is 5.99. The van der Waals surface area contributed by atoms with Gasteiger partial charge in [0.25, 0.3) is 5.91 Å². The van der Waals surface area contributed by atoms with Gasteiger partial charge in [-0.2, -0.15) is 0 Å². The number of nitrogens with one attached hydrogen (secondary N) is 1. The van der Waals surface area contributed by atoms with Crippen LogP contribution in [-0.2, 0) is 11.2 Å². The van der Waals surface area contributed by atoms with Crippen LogP contribution in [-0.4, -0.2) is 33.0 Å². The Morgan fingerprint density at radius 1 is 1.15 bits per heavy atom. The Bertz CT molecular complexity index is 587. The fourth-order valence-corrected chi connectivity index (χ4v) is 1.71. The topological polar surface area (TPSA) is 92.2 Å². The monoisotopic (exact) mass is 271 g/mol. The summed E-state index contributed by atoms with van der Waals surface area (Å²) in [5.74, 6) is -1.59. The maximum Gasteiger partial charge on any atom is 0.326 e. The van der Waals surface area contributed by atoms with Crippen molar-refractivity contribution >= 4 is 11.9 Å². The fraction of sp³-hybridized carbons (Fsp3) is 0.143. The van der Waals surface area contributed by atoms with Crippen molar-refractivity contribution in [1.29, 1.82) is 0 Å². The molecule has 20 heavy (non-hydrogen) atoms. The summed E-state index contributed by atoms with van der Waals surface area (Å²) < 4.78 is 0. The van der Waals surface area contributed by atoms with Gasteiger partial charge in [-0.25, -0.2) is 14.8 Å². The van der Waals surface area contributed by atoms with Gasteiger partial charge >= 0.3 is 5.97 Å². The number of hydrogen-bond donors (Lipinski definition) is 2. The first kappa shape index (κ1) is 13.7. The summed E-state index contributed by atoms with van der Waals surface area (Å²) in [5.41, 5.74) is 1.07. The zero-order valence-corrected chi connectivity index (χ0v) is 10.6. The molecule has 0 fully saturated rings. The number of benzene rings is 1. The summed E-state index contributed by atoms with van der Waals surface area (Å²) in [4.78, 5) is 30.6. The quantitative estimate of drug-likeness (QED) is 0.843. The normalized spacial score (nSPS) is 11.6. The Hall–Kier alpha value is -2.76. The van der Waals surface area contributed by atoms with E-state index in [1.165, 1.54) is 18.7 Å². The highest BCUT2D eigenvalue weighted by molar-refractivity contribution is 5.96. The Labute approximate surface area is 115 Å². The van der Waals surface area contributed by atoms with E-state index >= 15 is 0 Å². The predicted octanol–water partition coefficient (Wildman–Crippen LogP) is 0.902. The summed E-state index contributed by atoms with van der Waals surface area (Å²) in [7, 11) is 0. The van der Waals surface area contributed by atoms with Gasteiger partial charge in [0, 0.05) is 18.8 Å². The summed E-state index contributed by atoms with van der Waals surface area (Å²) in [6.45, 7) is 0. The number of nitrogens with zero attached hydrogens (tertiary/aromatic N) is 2. The van der Waals surface area contributed by atoms with Gasteiger partial charge in [-0.05, 0) is 5.56 Å². The van der Waals surface area contributed by atoms with Crippen LogP contribution >= 0.6 is 0 Å². The number of carbonyl (C=O) groups is 2. The summed E-state index contributed by atoms with van der Waals surface area (Å²) in [6, 6.07) is 8.12. The molecule has 6 nitrogen and oxygen atoms in total. The molecule has 1 aromatic carbocycles. The lowest BCUT2D eigenvalue weighted by atomic mass is 10.1. The third kappa shape index (κ3) is 3.61. The highest BCUT2D eigenvalue weighted by Crippen LogP contribution is 2.04. The maximum absolute atomic E-state index is 11.9. The van der Waals surface area contributed by atoms with Crippen LogP contribution in [0.4, 0.5) is 0 Å². The minimum absolute atomic E-state index is 0.218. The average molecular weight is 271 g/mol. The van der Waals surface area contributed by atoms with E-state index in [4.69, 9.17) is 0 Å². The van der Waals surface area contributed by atoms with Crippen LogP contribution in [0.3, 0.4) is 0 Å². The molecule has 0 spiro atoms. The summed E-state index contributed by atoms with van der Waals surface area (Å²) in [5, 5.41) is 11.6. The SMILES string of the molecule is O=C(NC(Cc1ccccc1)C(=O)O)c1cncnc1. The molecule has 0 radical (unpaired) electrons. The van der Waals surface area contributed by atoms with Gasteiger partial charge < -0.3 is 10.4 Å². The Morgan fingerprint density at radius 3 is 2.40 bits per heavy atom. The van der Waals surface area contributed by atoms with Crippen LogP contribution in [0.5, 0.6) is 0 Å². The van der Waals surface area contributed by atoms with Crippen LogP contribution in [0.2, 0.25) is 0 Å². The standard InChI is InChI=1S/C14H13N3O3/c18-13(11-7-15-9-16-8-11)17-12(14(19)20)6-10-4-2-1-3-5-10/h1-5,7-9,12H,6H2,(H,17,18)(H,19,20). The second kappa shape index (κ2) is 6.42. The van der Waals surface area contributed by atoms with E-state index in [1.54, 1.807) is 0 Å². The minimum atomic E-state index is -1.08. The molecule has 0 aliphatic carbocycles. The second-order valence-electron chi connectivity index (χ2n) is 4.18. The average Bonchev–Trinajstić information content (AvgIpc) is 2.48. The number of carboxylic acids is 1. The van der Waals surface area contributed by atoms with E-state index in [-0.39, 0.29) is 12.0 Å². The first-order valence-electron chi connectivity index (χ1n) is 5.99. The Morgan fingerprint density at radius 2 is 1.80 bits per heavy atom. The van der Waals surface area contributed by atoms with Crippen LogP contribution in [0.25, 0.3) is 0 Å². The van der Waals surface area contributed by atoms with Gasteiger partial charge in [-0.3, -0.25) is 4.79 Å². The highest BCUT2D eigenvalue weighted by Gasteiger charge is 2.21. The zero-order chi connectivity index (χ0) is 14.4. The lowest BCUT2D eigenvalue weighted by molar-refractivity contribution is -0.139. The Kier molecular flexibility index (Phi) is 4.39. The molecule has 102 valence electrons. The largest absolute Gasteiger partial charge is 0.480 e. The molecule has 0 saturated heterocycles. The molecule has 0 bridgehead atoms. The van der Waals surface area contributed by atoms with E-state index in [0.717, 1.165) is 5.56 Å². The predicted molar refractivity (Wildman–Crippen MR) is 71.1 cm³/mol. The van der Waals surface area contributed by atoms with E-state index in [9.17, 15) is 14.7 Å². The lowest BCUT2D eigenvalue weighted by Gasteiger charge is -2.14. The third-order valence-corrected chi connectivity index (χ3v) is 2.71. The fourth-order valence-electron chi connectivity index (χ4n) is 1.71. The lowest BCUT2D eigenvalue weighted by Crippen LogP contribution is -2.42. The molecule has 0 aliphatic rings. The smallest absolute Gasteiger partial charge is 0.326 e. The van der Waals surface area contributed by atoms with Gasteiger partial charge in [0.1, 0.15) is 12.4 Å². The molecule has 0 aliphatic heterocycles. The van der Waals surface area contributed by atoms with Crippen LogP contribution in [0, 0.1) is 0 Å². The van der Waals surface area contributed by atoms with Crippen molar-refractivity contribution < 1.29 is 14.7 Å². The van der Waals surface area contributed by atoms with Gasteiger partial charge in [0.05, 0.1) is 5.56 Å². The molecule has 0 saturated carbocycles. The molecule has 2 N–H and O–H groups in total. The number of aromatic nitrogens is 2. The summed E-state index contributed by atoms with van der Waals surface area (Å²) >= 11 is 0. The second-order valence-corrected chi connectivity index (χ2v) is 4.18. The van der Waals surface area contributed by atoms with Crippen molar-refractivity contribution in [2.45, 2.75) is 12.5 Å². The van der Waals surface area contributed by atoms with Crippen LogP contribution in [0.1, 0.15) is 15.9 Å². The molecule has 6 heteroatoms. The van der Waals surface area contributed by atoms with Crippen molar-refractivity contribution in [3.05, 3.63) is 60.2 Å². The van der Waals surface area contributed by atoms with Crippen molar-refractivity contribution in [2.75, 3.05) is 0 Å². The van der Waals surface area contributed by atoms with Crippen LogP contribution < -0.4 is 5.32 Å². The molecule has 1 aromatic heterocycles. The van der Waals surface area contributed by atoms with Gasteiger partial charge in [-0.15, -0.1) is 0 Å². The van der Waals surface area contributed by atoms with Crippen molar-refractivity contribution in [3.63, 3.8) is 0 Å². The van der Waals surface area contributed by atoms with Crippen molar-refractivity contribution in [3.8, 4) is 0 Å². The maximum atomic E-state index is 11.9. The third-order valence-electron chi connectivity index (χ3n) is 2.71. The molecule has 1 heterocycles. The number of hydrogen-bond acceptors (Lipinski definition) is 4. The molecular weight excluding hydrogens is 258 g/mol. The number of amides is 1.